The molecule has 2 fully saturated rings. The summed E-state index contributed by atoms with van der Waals surface area (Å²) in [5, 5.41) is 0. The number of H-pyrrole nitrogens is 2. The van der Waals surface area contributed by atoms with Gasteiger partial charge in [0, 0.05) is 10.5 Å². The van der Waals surface area contributed by atoms with Crippen LogP contribution in [0.1, 0.15) is 37.3 Å². The lowest BCUT2D eigenvalue weighted by Crippen LogP contribution is -2.26. The van der Waals surface area contributed by atoms with Gasteiger partial charge in [0.2, 0.25) is 0 Å². The van der Waals surface area contributed by atoms with Gasteiger partial charge in [-0.1, -0.05) is 22.4 Å². The predicted octanol–water partition coefficient (Wildman–Crippen LogP) is 3.05. The van der Waals surface area contributed by atoms with E-state index in [0.717, 1.165) is 32.9 Å². The standard InChI is InChI=1S/C15H18BrN3O/c16-11-6-13-12(18-15(20)19-13)5-10(11)14(17)9-4-7-1-2-8(9)3-7/h5-9,14H,1-4,17H2,(H2,18,19,20). The molecule has 2 aromatic rings. The molecule has 4 nitrogen and oxygen atoms in total. The third kappa shape index (κ3) is 1.87. The van der Waals surface area contributed by atoms with E-state index < -0.39 is 0 Å². The third-order valence-corrected chi connectivity index (χ3v) is 5.93. The highest BCUT2D eigenvalue weighted by molar-refractivity contribution is 9.10. The minimum atomic E-state index is -0.169. The first-order chi connectivity index (χ1) is 9.61. The van der Waals surface area contributed by atoms with Crippen LogP contribution in [-0.2, 0) is 0 Å². The number of aromatic nitrogens is 2. The maximum Gasteiger partial charge on any atom is 0.323 e. The van der Waals surface area contributed by atoms with Crippen molar-refractivity contribution in [2.24, 2.45) is 23.5 Å². The molecule has 0 aliphatic heterocycles. The molecule has 4 unspecified atom stereocenters. The summed E-state index contributed by atoms with van der Waals surface area (Å²) in [4.78, 5) is 17.0. The zero-order chi connectivity index (χ0) is 13.9. The molecule has 1 heterocycles. The summed E-state index contributed by atoms with van der Waals surface area (Å²) in [6, 6.07) is 4.03. The summed E-state index contributed by atoms with van der Waals surface area (Å²) in [5.74, 6) is 2.28. The van der Waals surface area contributed by atoms with Gasteiger partial charge in [0.1, 0.15) is 0 Å². The zero-order valence-electron chi connectivity index (χ0n) is 11.2. The second-order valence-corrected chi connectivity index (χ2v) is 7.22. The molecule has 0 amide bonds. The van der Waals surface area contributed by atoms with Crippen molar-refractivity contribution in [1.82, 2.24) is 9.97 Å². The van der Waals surface area contributed by atoms with E-state index in [1.807, 2.05) is 12.1 Å². The van der Waals surface area contributed by atoms with Gasteiger partial charge in [-0.05, 0) is 54.7 Å². The van der Waals surface area contributed by atoms with Gasteiger partial charge in [0.15, 0.2) is 0 Å². The highest BCUT2D eigenvalue weighted by atomic mass is 79.9. The van der Waals surface area contributed by atoms with Crippen molar-refractivity contribution >= 4 is 27.0 Å². The zero-order valence-corrected chi connectivity index (χ0v) is 12.7. The number of halogens is 1. The van der Waals surface area contributed by atoms with Crippen LogP contribution in [0.25, 0.3) is 11.0 Å². The fourth-order valence-electron chi connectivity index (χ4n) is 4.29. The largest absolute Gasteiger partial charge is 0.324 e. The molecule has 1 aromatic carbocycles. The monoisotopic (exact) mass is 335 g/mol. The number of hydrogen-bond donors (Lipinski definition) is 3. The molecule has 2 aliphatic carbocycles. The first-order valence-corrected chi connectivity index (χ1v) is 8.08. The quantitative estimate of drug-likeness (QED) is 0.788. The molecule has 4 rings (SSSR count). The lowest BCUT2D eigenvalue weighted by Gasteiger charge is -2.28. The van der Waals surface area contributed by atoms with Gasteiger partial charge < -0.3 is 15.7 Å². The Kier molecular flexibility index (Phi) is 2.82. The van der Waals surface area contributed by atoms with Gasteiger partial charge in [-0.15, -0.1) is 0 Å². The Balaban J connectivity index is 1.73. The Morgan fingerprint density at radius 2 is 1.95 bits per heavy atom. The molecule has 0 saturated heterocycles. The van der Waals surface area contributed by atoms with E-state index in [1.54, 1.807) is 0 Å². The fourth-order valence-corrected chi connectivity index (χ4v) is 4.90. The first-order valence-electron chi connectivity index (χ1n) is 7.29. The maximum atomic E-state index is 11.4. The van der Waals surface area contributed by atoms with Gasteiger partial charge in [0.25, 0.3) is 0 Å². The molecule has 106 valence electrons. The van der Waals surface area contributed by atoms with Crippen molar-refractivity contribution in [2.45, 2.75) is 31.7 Å². The molecule has 0 radical (unpaired) electrons. The maximum absolute atomic E-state index is 11.4. The predicted molar refractivity (Wildman–Crippen MR) is 82.5 cm³/mol. The molecule has 4 N–H and O–H groups in total. The molecular formula is C15H18BrN3O. The minimum absolute atomic E-state index is 0.0578. The number of nitrogens with one attached hydrogen (secondary N) is 2. The highest BCUT2D eigenvalue weighted by Crippen LogP contribution is 2.52. The van der Waals surface area contributed by atoms with Crippen LogP contribution in [0.4, 0.5) is 0 Å². The van der Waals surface area contributed by atoms with Crippen molar-refractivity contribution in [1.29, 1.82) is 0 Å². The second-order valence-electron chi connectivity index (χ2n) is 6.36. The number of hydrogen-bond acceptors (Lipinski definition) is 2. The Hall–Kier alpha value is -1.07. The molecule has 5 heteroatoms. The van der Waals surface area contributed by atoms with Crippen LogP contribution in [0.2, 0.25) is 0 Å². The van der Waals surface area contributed by atoms with E-state index in [4.69, 9.17) is 5.73 Å². The van der Waals surface area contributed by atoms with Crippen molar-refractivity contribution in [3.63, 3.8) is 0 Å². The van der Waals surface area contributed by atoms with E-state index in [-0.39, 0.29) is 11.7 Å². The highest BCUT2D eigenvalue weighted by Gasteiger charge is 2.42. The van der Waals surface area contributed by atoms with Crippen LogP contribution in [0, 0.1) is 17.8 Å². The number of fused-ring (bicyclic) bond motifs is 3. The van der Waals surface area contributed by atoms with Crippen molar-refractivity contribution in [3.05, 3.63) is 32.7 Å². The van der Waals surface area contributed by atoms with Crippen LogP contribution in [0.3, 0.4) is 0 Å². The van der Waals surface area contributed by atoms with E-state index >= 15 is 0 Å². The Morgan fingerprint density at radius 1 is 1.20 bits per heavy atom. The summed E-state index contributed by atoms with van der Waals surface area (Å²) in [6.07, 6.45) is 5.35. The minimum Gasteiger partial charge on any atom is -0.324 e. The lowest BCUT2D eigenvalue weighted by atomic mass is 9.81. The van der Waals surface area contributed by atoms with Crippen LogP contribution >= 0.6 is 15.9 Å². The van der Waals surface area contributed by atoms with Crippen molar-refractivity contribution in [2.75, 3.05) is 0 Å². The van der Waals surface area contributed by atoms with E-state index in [9.17, 15) is 4.79 Å². The lowest BCUT2D eigenvalue weighted by molar-refractivity contribution is 0.284. The number of rotatable bonds is 2. The molecule has 2 bridgehead atoms. The summed E-state index contributed by atoms with van der Waals surface area (Å²) in [5.41, 5.74) is 9.16. The average Bonchev–Trinajstić information content (AvgIpc) is 3.10. The Morgan fingerprint density at radius 3 is 2.60 bits per heavy atom. The second kappa shape index (κ2) is 4.46. The summed E-state index contributed by atoms with van der Waals surface area (Å²) in [7, 11) is 0. The van der Waals surface area contributed by atoms with Gasteiger partial charge >= 0.3 is 5.69 Å². The SMILES string of the molecule is NC(c1cc2[nH]c(=O)[nH]c2cc1Br)C1CC2CCC1C2. The summed E-state index contributed by atoms with van der Waals surface area (Å²) < 4.78 is 0.996. The Labute approximate surface area is 125 Å². The number of benzene rings is 1. The van der Waals surface area contributed by atoms with Crippen LogP contribution in [0.15, 0.2) is 21.4 Å². The topological polar surface area (TPSA) is 74.7 Å². The molecular weight excluding hydrogens is 318 g/mol. The number of nitrogens with two attached hydrogens (primary N) is 1. The summed E-state index contributed by atoms with van der Waals surface area (Å²) >= 11 is 3.61. The van der Waals surface area contributed by atoms with E-state index in [1.165, 1.54) is 25.7 Å². The number of aromatic amines is 2. The molecule has 20 heavy (non-hydrogen) atoms. The molecule has 0 spiro atoms. The van der Waals surface area contributed by atoms with Gasteiger partial charge in [-0.25, -0.2) is 4.79 Å². The molecule has 2 aliphatic rings. The van der Waals surface area contributed by atoms with E-state index in [0.29, 0.717) is 5.92 Å². The fraction of sp³-hybridized carbons (Fsp3) is 0.533. The van der Waals surface area contributed by atoms with Crippen LogP contribution in [0.5, 0.6) is 0 Å². The van der Waals surface area contributed by atoms with Crippen molar-refractivity contribution < 1.29 is 0 Å². The Bertz CT molecular complexity index is 719. The molecule has 4 atom stereocenters. The molecule has 1 aromatic heterocycles. The average molecular weight is 336 g/mol. The normalized spacial score (nSPS) is 30.2. The van der Waals surface area contributed by atoms with Crippen molar-refractivity contribution in [3.8, 4) is 0 Å². The van der Waals surface area contributed by atoms with E-state index in [2.05, 4.69) is 25.9 Å². The van der Waals surface area contributed by atoms with Gasteiger partial charge in [-0.2, -0.15) is 0 Å². The summed E-state index contributed by atoms with van der Waals surface area (Å²) in [6.45, 7) is 0. The van der Waals surface area contributed by atoms with Gasteiger partial charge in [-0.3, -0.25) is 0 Å². The third-order valence-electron chi connectivity index (χ3n) is 5.25. The van der Waals surface area contributed by atoms with Crippen LogP contribution in [-0.4, -0.2) is 9.97 Å². The van der Waals surface area contributed by atoms with Crippen LogP contribution < -0.4 is 11.4 Å². The van der Waals surface area contributed by atoms with Gasteiger partial charge in [0.05, 0.1) is 11.0 Å². The molecule has 2 saturated carbocycles. The number of imidazole rings is 1. The smallest absolute Gasteiger partial charge is 0.323 e. The first kappa shape index (κ1) is 12.7.